The minimum atomic E-state index is -0.716. The maximum atomic E-state index is 13.6. The highest BCUT2D eigenvalue weighted by atomic mass is 19.1. The number of amides is 1. The lowest BCUT2D eigenvalue weighted by Gasteiger charge is -2.09. The van der Waals surface area contributed by atoms with Crippen LogP contribution in [0.2, 0.25) is 0 Å². The van der Waals surface area contributed by atoms with E-state index in [1.807, 2.05) is 0 Å². The SMILES string of the molecule is Cc1ccc(F)cc1NC(=O)c1ccc(N)cc1F. The summed E-state index contributed by atoms with van der Waals surface area (Å²) in [5.74, 6) is -1.84. The van der Waals surface area contributed by atoms with Gasteiger partial charge in [0.15, 0.2) is 0 Å². The zero-order valence-corrected chi connectivity index (χ0v) is 10.2. The third kappa shape index (κ3) is 2.88. The number of benzene rings is 2. The first-order chi connectivity index (χ1) is 8.97. The molecule has 2 rings (SSSR count). The molecular formula is C14H12F2N2O. The Labute approximate surface area is 109 Å². The van der Waals surface area contributed by atoms with E-state index in [9.17, 15) is 13.6 Å². The van der Waals surface area contributed by atoms with E-state index in [0.717, 1.165) is 6.07 Å². The number of nitrogens with two attached hydrogens (primary N) is 1. The number of hydrogen-bond acceptors (Lipinski definition) is 2. The quantitative estimate of drug-likeness (QED) is 0.817. The van der Waals surface area contributed by atoms with Gasteiger partial charge in [0.25, 0.3) is 5.91 Å². The zero-order chi connectivity index (χ0) is 14.0. The first kappa shape index (κ1) is 13.0. The molecule has 0 radical (unpaired) electrons. The van der Waals surface area contributed by atoms with Gasteiger partial charge in [0, 0.05) is 11.4 Å². The molecule has 19 heavy (non-hydrogen) atoms. The van der Waals surface area contributed by atoms with Gasteiger partial charge in [0.05, 0.1) is 5.56 Å². The number of carbonyl (C=O) groups is 1. The summed E-state index contributed by atoms with van der Waals surface area (Å²) in [6.07, 6.45) is 0. The lowest BCUT2D eigenvalue weighted by Crippen LogP contribution is -2.14. The van der Waals surface area contributed by atoms with Gasteiger partial charge in [0.2, 0.25) is 0 Å². The van der Waals surface area contributed by atoms with Gasteiger partial charge in [-0.1, -0.05) is 6.07 Å². The van der Waals surface area contributed by atoms with Crippen LogP contribution in [-0.2, 0) is 0 Å². The molecule has 0 saturated heterocycles. The molecule has 0 aliphatic carbocycles. The minimum Gasteiger partial charge on any atom is -0.399 e. The summed E-state index contributed by atoms with van der Waals surface area (Å²) in [6.45, 7) is 1.72. The molecule has 2 aromatic carbocycles. The Morgan fingerprint density at radius 3 is 2.58 bits per heavy atom. The lowest BCUT2D eigenvalue weighted by atomic mass is 10.1. The van der Waals surface area contributed by atoms with Crippen molar-refractivity contribution in [3.8, 4) is 0 Å². The number of anilines is 2. The Morgan fingerprint density at radius 1 is 1.16 bits per heavy atom. The zero-order valence-electron chi connectivity index (χ0n) is 10.2. The second kappa shape index (κ2) is 5.06. The maximum Gasteiger partial charge on any atom is 0.258 e. The van der Waals surface area contributed by atoms with Crippen molar-refractivity contribution in [1.29, 1.82) is 0 Å². The van der Waals surface area contributed by atoms with E-state index in [1.54, 1.807) is 6.92 Å². The summed E-state index contributed by atoms with van der Waals surface area (Å²) in [6, 6.07) is 7.78. The molecule has 1 amide bonds. The minimum absolute atomic E-state index is 0.141. The van der Waals surface area contributed by atoms with Crippen LogP contribution in [0.15, 0.2) is 36.4 Å². The van der Waals surface area contributed by atoms with E-state index in [-0.39, 0.29) is 11.3 Å². The van der Waals surface area contributed by atoms with Gasteiger partial charge in [-0.3, -0.25) is 4.79 Å². The third-order valence-electron chi connectivity index (χ3n) is 2.69. The summed E-state index contributed by atoms with van der Waals surface area (Å²) in [5.41, 5.74) is 6.49. The van der Waals surface area contributed by atoms with E-state index >= 15 is 0 Å². The second-order valence-corrected chi connectivity index (χ2v) is 4.15. The highest BCUT2D eigenvalue weighted by Crippen LogP contribution is 2.18. The molecule has 0 spiro atoms. The predicted octanol–water partition coefficient (Wildman–Crippen LogP) is 3.11. The van der Waals surface area contributed by atoms with Crippen LogP contribution < -0.4 is 11.1 Å². The van der Waals surface area contributed by atoms with Crippen LogP contribution in [0.3, 0.4) is 0 Å². The van der Waals surface area contributed by atoms with Crippen molar-refractivity contribution in [3.63, 3.8) is 0 Å². The fourth-order valence-electron chi connectivity index (χ4n) is 1.63. The van der Waals surface area contributed by atoms with Crippen molar-refractivity contribution in [2.45, 2.75) is 6.92 Å². The second-order valence-electron chi connectivity index (χ2n) is 4.15. The van der Waals surface area contributed by atoms with Crippen LogP contribution >= 0.6 is 0 Å². The molecule has 0 aliphatic rings. The van der Waals surface area contributed by atoms with Gasteiger partial charge in [-0.15, -0.1) is 0 Å². The van der Waals surface area contributed by atoms with Crippen molar-refractivity contribution in [2.24, 2.45) is 0 Å². The average Bonchev–Trinajstić information content (AvgIpc) is 2.33. The normalized spacial score (nSPS) is 10.3. The van der Waals surface area contributed by atoms with Crippen LogP contribution in [0, 0.1) is 18.6 Å². The van der Waals surface area contributed by atoms with Crippen molar-refractivity contribution < 1.29 is 13.6 Å². The number of nitrogens with one attached hydrogen (secondary N) is 1. The largest absolute Gasteiger partial charge is 0.399 e. The number of carbonyl (C=O) groups excluding carboxylic acids is 1. The average molecular weight is 262 g/mol. The predicted molar refractivity (Wildman–Crippen MR) is 69.9 cm³/mol. The number of hydrogen-bond donors (Lipinski definition) is 2. The number of nitrogen functional groups attached to an aromatic ring is 1. The smallest absolute Gasteiger partial charge is 0.258 e. The molecule has 2 aromatic rings. The van der Waals surface area contributed by atoms with Gasteiger partial charge >= 0.3 is 0 Å². The number of rotatable bonds is 2. The molecule has 98 valence electrons. The van der Waals surface area contributed by atoms with Crippen molar-refractivity contribution >= 4 is 17.3 Å². The van der Waals surface area contributed by atoms with Crippen LogP contribution in [0.25, 0.3) is 0 Å². The summed E-state index contributed by atoms with van der Waals surface area (Å²) < 4.78 is 26.7. The molecule has 0 aromatic heterocycles. The van der Waals surface area contributed by atoms with Gasteiger partial charge in [-0.25, -0.2) is 8.78 Å². The highest BCUT2D eigenvalue weighted by molar-refractivity contribution is 6.05. The van der Waals surface area contributed by atoms with E-state index in [0.29, 0.717) is 11.3 Å². The van der Waals surface area contributed by atoms with E-state index < -0.39 is 17.5 Å². The standard InChI is InChI=1S/C14H12F2N2O/c1-8-2-3-9(15)6-13(8)18-14(19)11-5-4-10(17)7-12(11)16/h2-7H,17H2,1H3,(H,18,19). The first-order valence-corrected chi connectivity index (χ1v) is 5.60. The molecule has 3 nitrogen and oxygen atoms in total. The van der Waals surface area contributed by atoms with Crippen molar-refractivity contribution in [1.82, 2.24) is 0 Å². The fraction of sp³-hybridized carbons (Fsp3) is 0.0714. The number of aryl methyl sites for hydroxylation is 1. The molecule has 0 heterocycles. The van der Waals surface area contributed by atoms with Crippen molar-refractivity contribution in [3.05, 3.63) is 59.2 Å². The third-order valence-corrected chi connectivity index (χ3v) is 2.69. The van der Waals surface area contributed by atoms with Crippen LogP contribution in [0.1, 0.15) is 15.9 Å². The summed E-state index contributed by atoms with van der Waals surface area (Å²) in [5, 5.41) is 2.47. The van der Waals surface area contributed by atoms with Gasteiger partial charge in [-0.05, 0) is 42.8 Å². The summed E-state index contributed by atoms with van der Waals surface area (Å²) >= 11 is 0. The Hall–Kier alpha value is -2.43. The van der Waals surface area contributed by atoms with Crippen LogP contribution in [-0.4, -0.2) is 5.91 Å². The molecule has 3 N–H and O–H groups in total. The molecule has 0 bridgehead atoms. The molecule has 0 unspecified atom stereocenters. The maximum absolute atomic E-state index is 13.6. The highest BCUT2D eigenvalue weighted by Gasteiger charge is 2.13. The molecule has 0 saturated carbocycles. The molecular weight excluding hydrogens is 250 g/mol. The summed E-state index contributed by atoms with van der Waals surface area (Å²) in [4.78, 5) is 11.9. The van der Waals surface area contributed by atoms with Crippen molar-refractivity contribution in [2.75, 3.05) is 11.1 Å². The lowest BCUT2D eigenvalue weighted by molar-refractivity contribution is 0.102. The first-order valence-electron chi connectivity index (χ1n) is 5.60. The Morgan fingerprint density at radius 2 is 1.89 bits per heavy atom. The molecule has 0 atom stereocenters. The van der Waals surface area contributed by atoms with E-state index in [2.05, 4.69) is 5.32 Å². The monoisotopic (exact) mass is 262 g/mol. The van der Waals surface area contributed by atoms with E-state index in [1.165, 1.54) is 30.3 Å². The van der Waals surface area contributed by atoms with Gasteiger partial charge in [-0.2, -0.15) is 0 Å². The fourth-order valence-corrected chi connectivity index (χ4v) is 1.63. The molecule has 5 heteroatoms. The van der Waals surface area contributed by atoms with Crippen LogP contribution in [0.4, 0.5) is 20.2 Å². The van der Waals surface area contributed by atoms with E-state index in [4.69, 9.17) is 5.73 Å². The number of halogens is 2. The van der Waals surface area contributed by atoms with Crippen LogP contribution in [0.5, 0.6) is 0 Å². The Balaban J connectivity index is 2.28. The van der Waals surface area contributed by atoms with Gasteiger partial charge < -0.3 is 11.1 Å². The molecule has 0 aliphatic heterocycles. The Kier molecular flexibility index (Phi) is 3.46. The van der Waals surface area contributed by atoms with Gasteiger partial charge in [0.1, 0.15) is 11.6 Å². The topological polar surface area (TPSA) is 55.1 Å². The Bertz CT molecular complexity index is 641. The summed E-state index contributed by atoms with van der Waals surface area (Å²) in [7, 11) is 0. The molecule has 0 fully saturated rings.